The van der Waals surface area contributed by atoms with Crippen molar-refractivity contribution in [3.8, 4) is 0 Å². The molecule has 0 aliphatic rings. The lowest BCUT2D eigenvalue weighted by atomic mass is 10.2. The van der Waals surface area contributed by atoms with E-state index in [-0.39, 0.29) is 28.9 Å². The number of nitrogens with zero attached hydrogens (tertiary/aromatic N) is 4. The maximum absolute atomic E-state index is 12.5. The van der Waals surface area contributed by atoms with E-state index in [9.17, 15) is 18.0 Å². The summed E-state index contributed by atoms with van der Waals surface area (Å²) < 4.78 is 26.9. The summed E-state index contributed by atoms with van der Waals surface area (Å²) in [6.45, 7) is 0.230. The molecule has 0 spiro atoms. The van der Waals surface area contributed by atoms with Crippen LogP contribution in [0, 0.1) is 0 Å². The fraction of sp³-hybridized carbons (Fsp3) is 0.222. The van der Waals surface area contributed by atoms with Gasteiger partial charge in [-0.25, -0.2) is 18.4 Å². The van der Waals surface area contributed by atoms with Crippen LogP contribution in [0.4, 0.5) is 17.5 Å². The van der Waals surface area contributed by atoms with E-state index in [1.54, 1.807) is 0 Å². The molecule has 0 unspecified atom stereocenters. The van der Waals surface area contributed by atoms with Crippen LogP contribution in [0.5, 0.6) is 0 Å². The predicted molar refractivity (Wildman–Crippen MR) is 116 cm³/mol. The first-order valence-corrected chi connectivity index (χ1v) is 10.9. The number of carbonyl (C=O) groups is 2. The van der Waals surface area contributed by atoms with Gasteiger partial charge >= 0.3 is 11.9 Å². The quantitative estimate of drug-likeness (QED) is 0.222. The highest BCUT2D eigenvalue weighted by molar-refractivity contribution is 7.89. The Hall–Kier alpha value is -4.11. The third kappa shape index (κ3) is 5.98. The second-order valence-electron chi connectivity index (χ2n) is 6.82. The summed E-state index contributed by atoms with van der Waals surface area (Å²) in [5, 5.41) is 20.9. The molecule has 15 heteroatoms. The Morgan fingerprint density at radius 3 is 2.39 bits per heavy atom. The molecule has 1 atom stereocenters. The summed E-state index contributed by atoms with van der Waals surface area (Å²) in [6.07, 6.45) is 0.594. The number of nitrogens with one attached hydrogen (secondary N) is 2. The maximum atomic E-state index is 12.5. The molecular weight excluding hydrogens is 456 g/mol. The molecule has 3 aromatic rings. The third-order valence-corrected chi connectivity index (χ3v) is 5.87. The van der Waals surface area contributed by atoms with Gasteiger partial charge in [0.05, 0.1) is 23.3 Å². The number of hydrogen-bond acceptors (Lipinski definition) is 11. The molecule has 0 saturated carbocycles. The van der Waals surface area contributed by atoms with Crippen LogP contribution in [0.1, 0.15) is 18.5 Å². The maximum Gasteiger partial charge on any atom is 0.321 e. The lowest BCUT2D eigenvalue weighted by Gasteiger charge is -2.14. The molecule has 14 nitrogen and oxygen atoms in total. The van der Waals surface area contributed by atoms with Crippen LogP contribution >= 0.6 is 0 Å². The van der Waals surface area contributed by atoms with E-state index in [1.807, 2.05) is 4.72 Å². The van der Waals surface area contributed by atoms with Crippen molar-refractivity contribution in [2.45, 2.75) is 30.3 Å². The van der Waals surface area contributed by atoms with Gasteiger partial charge in [-0.05, 0) is 30.7 Å². The van der Waals surface area contributed by atoms with Gasteiger partial charge < -0.3 is 27.0 Å². The van der Waals surface area contributed by atoms with Gasteiger partial charge in [0.2, 0.25) is 16.0 Å². The van der Waals surface area contributed by atoms with Crippen LogP contribution in [0.15, 0.2) is 35.4 Å². The number of hydrogen-bond donors (Lipinski definition) is 6. The molecule has 0 radical (unpaired) electrons. The fourth-order valence-corrected chi connectivity index (χ4v) is 3.99. The van der Waals surface area contributed by atoms with E-state index in [1.165, 1.54) is 30.5 Å². The molecule has 2 aromatic heterocycles. The first-order valence-electron chi connectivity index (χ1n) is 9.40. The number of fused-ring (bicyclic) bond motifs is 1. The zero-order valence-electron chi connectivity index (χ0n) is 17.0. The molecule has 33 heavy (non-hydrogen) atoms. The summed E-state index contributed by atoms with van der Waals surface area (Å²) in [7, 11) is -4.18. The minimum Gasteiger partial charge on any atom is -0.481 e. The Balaban J connectivity index is 1.67. The van der Waals surface area contributed by atoms with Crippen molar-refractivity contribution in [1.29, 1.82) is 0 Å². The third-order valence-electron chi connectivity index (χ3n) is 4.38. The Morgan fingerprint density at radius 2 is 1.76 bits per heavy atom. The van der Waals surface area contributed by atoms with E-state index >= 15 is 0 Å². The van der Waals surface area contributed by atoms with Crippen molar-refractivity contribution in [2.24, 2.45) is 0 Å². The largest absolute Gasteiger partial charge is 0.481 e. The molecular formula is C18H20N8O6S. The number of carboxylic acids is 2. The van der Waals surface area contributed by atoms with Crippen molar-refractivity contribution >= 4 is 50.6 Å². The van der Waals surface area contributed by atoms with E-state index in [2.05, 4.69) is 25.3 Å². The van der Waals surface area contributed by atoms with E-state index in [0.29, 0.717) is 16.9 Å². The van der Waals surface area contributed by atoms with Gasteiger partial charge in [0.25, 0.3) is 0 Å². The number of nitrogen functional groups attached to an aromatic ring is 2. The van der Waals surface area contributed by atoms with Gasteiger partial charge in [-0.3, -0.25) is 9.59 Å². The number of sulfonamides is 1. The minimum atomic E-state index is -4.18. The van der Waals surface area contributed by atoms with Crippen LogP contribution in [0.2, 0.25) is 0 Å². The van der Waals surface area contributed by atoms with Gasteiger partial charge in [0.1, 0.15) is 6.04 Å². The monoisotopic (exact) mass is 476 g/mol. The molecule has 8 N–H and O–H groups in total. The summed E-state index contributed by atoms with van der Waals surface area (Å²) in [6, 6.07) is 3.95. The van der Waals surface area contributed by atoms with Crippen molar-refractivity contribution in [2.75, 3.05) is 16.8 Å². The molecule has 2 heterocycles. The lowest BCUT2D eigenvalue weighted by molar-refractivity contribution is -0.140. The molecule has 1 aromatic carbocycles. The van der Waals surface area contributed by atoms with Crippen molar-refractivity contribution in [3.63, 3.8) is 0 Å². The normalized spacial score (nSPS) is 12.4. The van der Waals surface area contributed by atoms with Gasteiger partial charge in [0.15, 0.2) is 17.0 Å². The van der Waals surface area contributed by atoms with Gasteiger partial charge in [-0.15, -0.1) is 0 Å². The van der Waals surface area contributed by atoms with Crippen LogP contribution in [0.3, 0.4) is 0 Å². The number of aromatic nitrogens is 4. The topological polar surface area (TPSA) is 236 Å². The summed E-state index contributed by atoms with van der Waals surface area (Å²) in [5.74, 6) is -2.62. The number of anilines is 3. The van der Waals surface area contributed by atoms with Crippen LogP contribution in [-0.4, -0.2) is 56.5 Å². The minimum absolute atomic E-state index is 0.0127. The molecule has 0 amide bonds. The van der Waals surface area contributed by atoms with Crippen LogP contribution in [0.25, 0.3) is 11.2 Å². The van der Waals surface area contributed by atoms with Gasteiger partial charge in [-0.1, -0.05) is 0 Å². The number of benzene rings is 1. The molecule has 3 rings (SSSR count). The molecule has 0 aliphatic heterocycles. The lowest BCUT2D eigenvalue weighted by Crippen LogP contribution is -2.41. The average Bonchev–Trinajstić information content (AvgIpc) is 2.75. The Kier molecular flexibility index (Phi) is 6.83. The second-order valence-corrected chi connectivity index (χ2v) is 8.54. The summed E-state index contributed by atoms with van der Waals surface area (Å²) in [5.41, 5.74) is 12.9. The van der Waals surface area contributed by atoms with E-state index < -0.39 is 40.8 Å². The van der Waals surface area contributed by atoms with Crippen molar-refractivity contribution in [1.82, 2.24) is 24.7 Å². The van der Waals surface area contributed by atoms with E-state index in [4.69, 9.17) is 21.7 Å². The van der Waals surface area contributed by atoms with Crippen molar-refractivity contribution in [3.05, 3.63) is 36.2 Å². The molecule has 0 aliphatic carbocycles. The highest BCUT2D eigenvalue weighted by atomic mass is 32.2. The summed E-state index contributed by atoms with van der Waals surface area (Å²) in [4.78, 5) is 38.0. The molecule has 0 saturated heterocycles. The Morgan fingerprint density at radius 1 is 1.06 bits per heavy atom. The van der Waals surface area contributed by atoms with E-state index in [0.717, 1.165) is 0 Å². The fourth-order valence-electron chi connectivity index (χ4n) is 2.77. The average molecular weight is 476 g/mol. The Labute approximate surface area is 187 Å². The zero-order chi connectivity index (χ0) is 24.2. The summed E-state index contributed by atoms with van der Waals surface area (Å²) >= 11 is 0. The number of rotatable bonds is 10. The number of nitrogens with two attached hydrogens (primary N) is 2. The predicted octanol–water partition coefficient (Wildman–Crippen LogP) is -0.207. The first kappa shape index (κ1) is 23.6. The second kappa shape index (κ2) is 9.58. The van der Waals surface area contributed by atoms with Crippen molar-refractivity contribution < 1.29 is 28.2 Å². The van der Waals surface area contributed by atoms with Gasteiger partial charge in [0, 0.05) is 12.1 Å². The zero-order valence-corrected chi connectivity index (χ0v) is 17.8. The molecule has 174 valence electrons. The van der Waals surface area contributed by atoms with Crippen LogP contribution < -0.4 is 21.5 Å². The molecule has 0 fully saturated rings. The standard InChI is InChI=1S/C18H20N8O6S/c19-15-14-16(25-18(20)24-15)22-8-10(23-14)7-21-9-1-3-11(4-2-9)33(31,32)26-12(17(29)30)5-6-13(27)28/h1-4,8,12,21,26H,5-7H2,(H,27,28)(H,29,30)(H4,19,20,22,24,25)/t12-/m0/s1. The van der Waals surface area contributed by atoms with Gasteiger partial charge in [-0.2, -0.15) is 14.7 Å². The smallest absolute Gasteiger partial charge is 0.321 e. The number of carboxylic acid groups (broad SMARTS) is 2. The molecule has 0 bridgehead atoms. The van der Waals surface area contributed by atoms with Crippen LogP contribution in [-0.2, 0) is 26.2 Å². The number of aliphatic carboxylic acids is 2. The highest BCUT2D eigenvalue weighted by Gasteiger charge is 2.26. The highest BCUT2D eigenvalue weighted by Crippen LogP contribution is 2.17. The SMILES string of the molecule is Nc1nc(N)c2nc(CNc3ccc(S(=O)(=O)N[C@@H](CCC(=O)O)C(=O)O)cc3)cnc2n1. The Bertz CT molecular complexity index is 1300. The first-order chi connectivity index (χ1) is 15.5.